The Bertz CT molecular complexity index is 1000. The van der Waals surface area contributed by atoms with Gasteiger partial charge in [-0.05, 0) is 58.4 Å². The van der Waals surface area contributed by atoms with Crippen molar-refractivity contribution in [3.8, 4) is 5.75 Å². The third-order valence-electron chi connectivity index (χ3n) is 6.22. The summed E-state index contributed by atoms with van der Waals surface area (Å²) in [6.07, 6.45) is 4.69. The van der Waals surface area contributed by atoms with Crippen molar-refractivity contribution in [3.63, 3.8) is 0 Å². The molecule has 0 aliphatic carbocycles. The average Bonchev–Trinajstić information content (AvgIpc) is 3.33. The van der Waals surface area contributed by atoms with Gasteiger partial charge in [-0.15, -0.1) is 0 Å². The van der Waals surface area contributed by atoms with Crippen LogP contribution in [0.5, 0.6) is 5.75 Å². The molecule has 0 radical (unpaired) electrons. The van der Waals surface area contributed by atoms with E-state index in [9.17, 15) is 12.6 Å². The Labute approximate surface area is 216 Å². The van der Waals surface area contributed by atoms with Gasteiger partial charge in [-0.25, -0.2) is 8.93 Å². The average molecular weight is 553 g/mol. The van der Waals surface area contributed by atoms with Crippen molar-refractivity contribution >= 4 is 44.4 Å². The van der Waals surface area contributed by atoms with Crippen LogP contribution in [0.4, 0.5) is 0 Å². The van der Waals surface area contributed by atoms with Gasteiger partial charge in [0, 0.05) is 37.8 Å². The second kappa shape index (κ2) is 11.6. The highest BCUT2D eigenvalue weighted by Crippen LogP contribution is 2.41. The number of hydrogen-bond acceptors (Lipinski definition) is 4. The Balaban J connectivity index is 1.88. The number of nitrogens with zero attached hydrogens (tertiary/aromatic N) is 2. The first-order chi connectivity index (χ1) is 15.9. The standard InChI is InChI=1S/C23H35Cl2N3O4S2/c1-5-14-32-21-16-20(25)19(24)15-18(21)22(26-33(29)23(2,3)4)17-8-12-28(13-9-17)34(30,31)27-10-6-7-11-27/h5,15-17,22,26H,1,6-14H2,2-4H3. The van der Waals surface area contributed by atoms with Crippen LogP contribution in [0.2, 0.25) is 10.0 Å². The fraction of sp³-hybridized carbons (Fsp3) is 0.652. The maximum atomic E-state index is 13.1. The van der Waals surface area contributed by atoms with Crippen molar-refractivity contribution in [2.24, 2.45) is 5.92 Å². The Kier molecular flexibility index (Phi) is 9.50. The fourth-order valence-electron chi connectivity index (χ4n) is 4.29. The van der Waals surface area contributed by atoms with E-state index in [1.807, 2.05) is 20.8 Å². The largest absolute Gasteiger partial charge is 0.489 e. The summed E-state index contributed by atoms with van der Waals surface area (Å²) in [5.74, 6) is 0.574. The van der Waals surface area contributed by atoms with Crippen molar-refractivity contribution in [2.45, 2.75) is 57.2 Å². The van der Waals surface area contributed by atoms with Crippen LogP contribution in [-0.4, -0.2) is 58.8 Å². The summed E-state index contributed by atoms with van der Waals surface area (Å²) >= 11 is 12.6. The summed E-state index contributed by atoms with van der Waals surface area (Å²) in [6, 6.07) is 3.07. The van der Waals surface area contributed by atoms with Gasteiger partial charge < -0.3 is 4.74 Å². The molecule has 0 saturated carbocycles. The number of nitrogens with one attached hydrogen (secondary N) is 1. The van der Waals surface area contributed by atoms with E-state index in [1.165, 1.54) is 0 Å². The van der Waals surface area contributed by atoms with Gasteiger partial charge in [0.2, 0.25) is 0 Å². The van der Waals surface area contributed by atoms with Crippen LogP contribution >= 0.6 is 23.2 Å². The lowest BCUT2D eigenvalue weighted by atomic mass is 9.86. The molecule has 2 unspecified atom stereocenters. The molecule has 0 aromatic heterocycles. The van der Waals surface area contributed by atoms with E-state index in [0.717, 1.165) is 18.4 Å². The van der Waals surface area contributed by atoms with Gasteiger partial charge in [0.1, 0.15) is 12.4 Å². The minimum atomic E-state index is -3.44. The summed E-state index contributed by atoms with van der Waals surface area (Å²) < 4.78 is 51.0. The zero-order valence-corrected chi connectivity index (χ0v) is 23.2. The quantitative estimate of drug-likeness (QED) is 0.451. The molecule has 2 atom stereocenters. The minimum Gasteiger partial charge on any atom is -0.489 e. The van der Waals surface area contributed by atoms with Crippen molar-refractivity contribution < 1.29 is 17.4 Å². The van der Waals surface area contributed by atoms with Crippen molar-refractivity contribution in [1.82, 2.24) is 13.3 Å². The number of ether oxygens (including phenoxy) is 1. The molecule has 7 nitrogen and oxygen atoms in total. The molecule has 2 saturated heterocycles. The van der Waals surface area contributed by atoms with E-state index in [4.69, 9.17) is 27.9 Å². The molecule has 192 valence electrons. The smallest absolute Gasteiger partial charge is 0.281 e. The first kappa shape index (κ1) is 27.9. The molecule has 2 fully saturated rings. The zero-order valence-electron chi connectivity index (χ0n) is 20.1. The highest BCUT2D eigenvalue weighted by atomic mass is 35.5. The van der Waals surface area contributed by atoms with Crippen LogP contribution < -0.4 is 9.46 Å². The molecule has 0 spiro atoms. The molecule has 11 heteroatoms. The van der Waals surface area contributed by atoms with E-state index >= 15 is 0 Å². The minimum absolute atomic E-state index is 0.0275. The highest BCUT2D eigenvalue weighted by molar-refractivity contribution is 7.86. The molecule has 3 rings (SSSR count). The molecule has 1 N–H and O–H groups in total. The molecule has 2 aliphatic rings. The number of piperidine rings is 1. The van der Waals surface area contributed by atoms with Gasteiger partial charge in [-0.1, -0.05) is 35.9 Å². The van der Waals surface area contributed by atoms with Crippen LogP contribution in [0.1, 0.15) is 58.1 Å². The second-order valence-corrected chi connectivity index (χ2v) is 14.5. The lowest BCUT2D eigenvalue weighted by Gasteiger charge is -2.38. The first-order valence-electron chi connectivity index (χ1n) is 11.6. The Hall–Kier alpha value is -0.680. The summed E-state index contributed by atoms with van der Waals surface area (Å²) in [4.78, 5) is 0. The van der Waals surface area contributed by atoms with Crippen LogP contribution in [-0.2, 0) is 21.2 Å². The maximum absolute atomic E-state index is 13.1. The molecule has 2 aliphatic heterocycles. The van der Waals surface area contributed by atoms with E-state index in [0.29, 0.717) is 54.8 Å². The van der Waals surface area contributed by atoms with Crippen molar-refractivity contribution in [3.05, 3.63) is 40.4 Å². The van der Waals surface area contributed by atoms with Crippen molar-refractivity contribution in [2.75, 3.05) is 32.8 Å². The third-order valence-corrected chi connectivity index (χ3v) is 10.6. The molecule has 1 aromatic rings. The molecule has 1 aromatic carbocycles. The predicted molar refractivity (Wildman–Crippen MR) is 140 cm³/mol. The third kappa shape index (κ3) is 6.55. The Morgan fingerprint density at radius 3 is 2.26 bits per heavy atom. The lowest BCUT2D eigenvalue weighted by Crippen LogP contribution is -2.48. The van der Waals surface area contributed by atoms with Gasteiger partial charge >= 0.3 is 0 Å². The molecule has 34 heavy (non-hydrogen) atoms. The lowest BCUT2D eigenvalue weighted by molar-refractivity contribution is 0.225. The number of rotatable bonds is 9. The molecule has 2 heterocycles. The Morgan fingerprint density at radius 2 is 1.71 bits per heavy atom. The Morgan fingerprint density at radius 1 is 1.15 bits per heavy atom. The number of benzene rings is 1. The van der Waals surface area contributed by atoms with Crippen LogP contribution in [0, 0.1) is 5.92 Å². The molecular weight excluding hydrogens is 517 g/mol. The van der Waals surface area contributed by atoms with Gasteiger partial charge in [0.15, 0.2) is 0 Å². The van der Waals surface area contributed by atoms with Gasteiger partial charge in [-0.3, -0.25) is 0 Å². The van der Waals surface area contributed by atoms with E-state index in [1.54, 1.807) is 26.8 Å². The SMILES string of the molecule is C=CCOc1cc(Cl)c(Cl)cc1C(NS(=O)C(C)(C)C)C1CCN(S(=O)(=O)N2CCCC2)CC1. The van der Waals surface area contributed by atoms with Gasteiger partial charge in [-0.2, -0.15) is 17.0 Å². The topological polar surface area (TPSA) is 79.0 Å². The molecule has 0 bridgehead atoms. The predicted octanol–water partition coefficient (Wildman–Crippen LogP) is 4.70. The zero-order chi connectivity index (χ0) is 25.1. The van der Waals surface area contributed by atoms with Crippen LogP contribution in [0.15, 0.2) is 24.8 Å². The molecular formula is C23H35Cl2N3O4S2. The summed E-state index contributed by atoms with van der Waals surface area (Å²) in [6.45, 7) is 11.7. The van der Waals surface area contributed by atoms with Gasteiger partial charge in [0.05, 0.1) is 31.8 Å². The second-order valence-electron chi connectivity index (χ2n) is 9.73. The highest BCUT2D eigenvalue weighted by Gasteiger charge is 2.38. The van der Waals surface area contributed by atoms with Crippen LogP contribution in [0.3, 0.4) is 0 Å². The normalized spacial score (nSPS) is 20.9. The van der Waals surface area contributed by atoms with Gasteiger partial charge in [0.25, 0.3) is 10.2 Å². The van der Waals surface area contributed by atoms with E-state index < -0.39 is 25.9 Å². The first-order valence-corrected chi connectivity index (χ1v) is 14.9. The van der Waals surface area contributed by atoms with Crippen LogP contribution in [0.25, 0.3) is 0 Å². The number of hydrogen-bond donors (Lipinski definition) is 1. The van der Waals surface area contributed by atoms with E-state index in [2.05, 4.69) is 11.3 Å². The monoisotopic (exact) mass is 551 g/mol. The number of halogens is 2. The van der Waals surface area contributed by atoms with Crippen molar-refractivity contribution in [1.29, 1.82) is 0 Å². The fourth-order valence-corrected chi connectivity index (χ4v) is 7.24. The summed E-state index contributed by atoms with van der Waals surface area (Å²) in [5.41, 5.74) is 0.759. The van der Waals surface area contributed by atoms with E-state index in [-0.39, 0.29) is 18.6 Å². The molecule has 0 amide bonds. The summed E-state index contributed by atoms with van der Waals surface area (Å²) in [5, 5.41) is 0.747. The summed E-state index contributed by atoms with van der Waals surface area (Å²) in [7, 11) is -4.81. The maximum Gasteiger partial charge on any atom is 0.281 e.